The standard InChI is InChI=1S/C24H32N2O6S/c1-30-21-11-9-19(17-20(21)24(27)26-14-6-4-5-7-15-26)33(28,29)25-13-12-18-8-10-22(31-2)23(16-18)32-3/h8-11,16-17,25H,4-7,12-15H2,1-3H3. The molecule has 0 radical (unpaired) electrons. The van der Waals surface area contributed by atoms with Crippen LogP contribution in [-0.4, -0.2) is 60.2 Å². The summed E-state index contributed by atoms with van der Waals surface area (Å²) in [4.78, 5) is 15.0. The van der Waals surface area contributed by atoms with Gasteiger partial charge in [-0.1, -0.05) is 18.9 Å². The van der Waals surface area contributed by atoms with Gasteiger partial charge in [0.25, 0.3) is 5.91 Å². The molecule has 3 rings (SSSR count). The van der Waals surface area contributed by atoms with E-state index in [9.17, 15) is 13.2 Å². The van der Waals surface area contributed by atoms with E-state index in [1.54, 1.807) is 25.2 Å². The maximum atomic E-state index is 13.1. The highest BCUT2D eigenvalue weighted by Crippen LogP contribution is 2.28. The van der Waals surface area contributed by atoms with Crippen LogP contribution in [0, 0.1) is 0 Å². The number of carbonyl (C=O) groups excluding carboxylic acids is 1. The Bertz CT molecular complexity index is 1060. The lowest BCUT2D eigenvalue weighted by molar-refractivity contribution is 0.0758. The largest absolute Gasteiger partial charge is 0.496 e. The summed E-state index contributed by atoms with van der Waals surface area (Å²) in [6, 6.07) is 9.86. The highest BCUT2D eigenvalue weighted by Gasteiger charge is 2.24. The third-order valence-electron chi connectivity index (χ3n) is 5.76. The minimum atomic E-state index is -3.81. The monoisotopic (exact) mass is 476 g/mol. The molecule has 1 N–H and O–H groups in total. The number of likely N-dealkylation sites (tertiary alicyclic amines) is 1. The van der Waals surface area contributed by atoms with E-state index in [1.807, 2.05) is 12.1 Å². The van der Waals surface area contributed by atoms with Gasteiger partial charge in [0.2, 0.25) is 10.0 Å². The zero-order chi connectivity index (χ0) is 23.8. The van der Waals surface area contributed by atoms with E-state index >= 15 is 0 Å². The first kappa shape index (κ1) is 24.9. The molecule has 0 unspecified atom stereocenters. The second-order valence-electron chi connectivity index (χ2n) is 7.91. The van der Waals surface area contributed by atoms with Crippen LogP contribution in [0.2, 0.25) is 0 Å². The van der Waals surface area contributed by atoms with Crippen molar-refractivity contribution in [2.75, 3.05) is 41.0 Å². The molecule has 1 saturated heterocycles. The predicted octanol–water partition coefficient (Wildman–Crippen LogP) is 3.25. The molecule has 0 bridgehead atoms. The van der Waals surface area contributed by atoms with Crippen LogP contribution in [0.3, 0.4) is 0 Å². The zero-order valence-electron chi connectivity index (χ0n) is 19.4. The fourth-order valence-electron chi connectivity index (χ4n) is 3.91. The van der Waals surface area contributed by atoms with Crippen LogP contribution in [0.5, 0.6) is 17.2 Å². The highest BCUT2D eigenvalue weighted by atomic mass is 32.2. The fraction of sp³-hybridized carbons (Fsp3) is 0.458. The van der Waals surface area contributed by atoms with Crippen molar-refractivity contribution in [1.29, 1.82) is 0 Å². The number of rotatable bonds is 9. The van der Waals surface area contributed by atoms with Gasteiger partial charge in [-0.3, -0.25) is 4.79 Å². The van der Waals surface area contributed by atoms with Gasteiger partial charge in [-0.25, -0.2) is 13.1 Å². The summed E-state index contributed by atoms with van der Waals surface area (Å²) >= 11 is 0. The van der Waals surface area contributed by atoms with Crippen LogP contribution in [0.1, 0.15) is 41.6 Å². The molecule has 1 fully saturated rings. The number of carbonyl (C=O) groups is 1. The number of sulfonamides is 1. The SMILES string of the molecule is COc1ccc(CCNS(=O)(=O)c2ccc(OC)c(C(=O)N3CCCCCC3)c2)cc1OC. The van der Waals surface area contributed by atoms with Crippen LogP contribution in [0.4, 0.5) is 0 Å². The molecule has 0 aromatic heterocycles. The summed E-state index contributed by atoms with van der Waals surface area (Å²) in [6.45, 7) is 1.53. The highest BCUT2D eigenvalue weighted by molar-refractivity contribution is 7.89. The van der Waals surface area contributed by atoms with Crippen LogP contribution < -0.4 is 18.9 Å². The Morgan fingerprint density at radius 1 is 0.879 bits per heavy atom. The van der Waals surface area contributed by atoms with Gasteiger partial charge in [0.1, 0.15) is 5.75 Å². The van der Waals surface area contributed by atoms with Crippen LogP contribution >= 0.6 is 0 Å². The Morgan fingerprint density at radius 2 is 1.52 bits per heavy atom. The molecule has 1 amide bonds. The molecule has 2 aromatic carbocycles. The molecule has 2 aromatic rings. The summed E-state index contributed by atoms with van der Waals surface area (Å²) in [6.07, 6.45) is 4.56. The maximum absolute atomic E-state index is 13.1. The Kier molecular flexibility index (Phi) is 8.57. The smallest absolute Gasteiger partial charge is 0.257 e. The zero-order valence-corrected chi connectivity index (χ0v) is 20.2. The van der Waals surface area contributed by atoms with Crippen molar-refractivity contribution in [2.24, 2.45) is 0 Å². The molecule has 0 spiro atoms. The number of hydrogen-bond donors (Lipinski definition) is 1. The lowest BCUT2D eigenvalue weighted by atomic mass is 10.1. The molecular weight excluding hydrogens is 444 g/mol. The molecule has 0 aliphatic carbocycles. The second-order valence-corrected chi connectivity index (χ2v) is 9.67. The molecular formula is C24H32N2O6S. The lowest BCUT2D eigenvalue weighted by Gasteiger charge is -2.22. The molecule has 9 heteroatoms. The Balaban J connectivity index is 1.73. The Labute approximate surface area is 195 Å². The van der Waals surface area contributed by atoms with Crippen molar-refractivity contribution >= 4 is 15.9 Å². The molecule has 1 heterocycles. The van der Waals surface area contributed by atoms with Gasteiger partial charge in [0.05, 0.1) is 31.8 Å². The Hall–Kier alpha value is -2.78. The first-order valence-electron chi connectivity index (χ1n) is 11.1. The summed E-state index contributed by atoms with van der Waals surface area (Å²) < 4.78 is 44.4. The quantitative estimate of drug-likeness (QED) is 0.597. The van der Waals surface area contributed by atoms with E-state index < -0.39 is 10.0 Å². The van der Waals surface area contributed by atoms with Crippen molar-refractivity contribution in [1.82, 2.24) is 9.62 Å². The van der Waals surface area contributed by atoms with E-state index in [0.717, 1.165) is 31.2 Å². The van der Waals surface area contributed by atoms with Crippen LogP contribution in [-0.2, 0) is 16.4 Å². The van der Waals surface area contributed by atoms with Gasteiger partial charge >= 0.3 is 0 Å². The molecule has 0 saturated carbocycles. The molecule has 1 aliphatic rings. The third kappa shape index (κ3) is 6.17. The van der Waals surface area contributed by atoms with Crippen LogP contribution in [0.15, 0.2) is 41.3 Å². The number of hydrogen-bond acceptors (Lipinski definition) is 6. The molecule has 33 heavy (non-hydrogen) atoms. The van der Waals surface area contributed by atoms with E-state index in [1.165, 1.54) is 25.3 Å². The molecule has 180 valence electrons. The van der Waals surface area contributed by atoms with E-state index in [2.05, 4.69) is 4.72 Å². The van der Waals surface area contributed by atoms with Crippen molar-refractivity contribution in [3.05, 3.63) is 47.5 Å². The molecule has 0 atom stereocenters. The molecule has 8 nitrogen and oxygen atoms in total. The number of amides is 1. The minimum absolute atomic E-state index is 0.0359. The van der Waals surface area contributed by atoms with Crippen molar-refractivity contribution in [3.8, 4) is 17.2 Å². The van der Waals surface area contributed by atoms with Gasteiger partial charge in [-0.15, -0.1) is 0 Å². The van der Waals surface area contributed by atoms with Gasteiger partial charge in [-0.2, -0.15) is 0 Å². The molecule has 1 aliphatic heterocycles. The third-order valence-corrected chi connectivity index (χ3v) is 7.22. The van der Waals surface area contributed by atoms with Gasteiger partial charge in [-0.05, 0) is 55.2 Å². The summed E-state index contributed by atoms with van der Waals surface area (Å²) in [5.74, 6) is 1.37. The maximum Gasteiger partial charge on any atom is 0.257 e. The number of ether oxygens (including phenoxy) is 3. The minimum Gasteiger partial charge on any atom is -0.496 e. The topological polar surface area (TPSA) is 94.2 Å². The summed E-state index contributed by atoms with van der Waals surface area (Å²) in [5.41, 5.74) is 1.17. The predicted molar refractivity (Wildman–Crippen MR) is 126 cm³/mol. The number of nitrogens with zero attached hydrogens (tertiary/aromatic N) is 1. The van der Waals surface area contributed by atoms with E-state index in [0.29, 0.717) is 36.8 Å². The summed E-state index contributed by atoms with van der Waals surface area (Å²) in [7, 11) is 0.782. The average Bonchev–Trinajstić information content (AvgIpc) is 3.12. The second kappa shape index (κ2) is 11.4. The van der Waals surface area contributed by atoms with Crippen molar-refractivity contribution < 1.29 is 27.4 Å². The number of benzene rings is 2. The van der Waals surface area contributed by atoms with Crippen molar-refractivity contribution in [3.63, 3.8) is 0 Å². The Morgan fingerprint density at radius 3 is 2.15 bits per heavy atom. The van der Waals surface area contributed by atoms with Gasteiger partial charge < -0.3 is 19.1 Å². The van der Waals surface area contributed by atoms with Crippen molar-refractivity contribution in [2.45, 2.75) is 37.0 Å². The fourth-order valence-corrected chi connectivity index (χ4v) is 4.97. The van der Waals surface area contributed by atoms with Gasteiger partial charge in [0.15, 0.2) is 11.5 Å². The summed E-state index contributed by atoms with van der Waals surface area (Å²) in [5, 5.41) is 0. The number of methoxy groups -OCH3 is 3. The first-order chi connectivity index (χ1) is 15.9. The van der Waals surface area contributed by atoms with Crippen LogP contribution in [0.25, 0.3) is 0 Å². The average molecular weight is 477 g/mol. The van der Waals surface area contributed by atoms with E-state index in [4.69, 9.17) is 14.2 Å². The lowest BCUT2D eigenvalue weighted by Crippen LogP contribution is -2.32. The van der Waals surface area contributed by atoms with Gasteiger partial charge in [0, 0.05) is 19.6 Å². The first-order valence-corrected chi connectivity index (χ1v) is 12.6. The normalized spacial score (nSPS) is 14.5. The number of nitrogens with one attached hydrogen (secondary N) is 1. The van der Waals surface area contributed by atoms with E-state index in [-0.39, 0.29) is 22.9 Å².